The van der Waals surface area contributed by atoms with Crippen LogP contribution in [0.1, 0.15) is 56.2 Å². The summed E-state index contributed by atoms with van der Waals surface area (Å²) in [6.07, 6.45) is 11.3. The summed E-state index contributed by atoms with van der Waals surface area (Å²) in [6.45, 7) is 1.73. The first-order valence-electron chi connectivity index (χ1n) is 11.8. The van der Waals surface area contributed by atoms with Crippen molar-refractivity contribution in [2.24, 2.45) is 0 Å². The summed E-state index contributed by atoms with van der Waals surface area (Å²) >= 11 is 0. The maximum Gasteiger partial charge on any atom is 0.282 e. The second kappa shape index (κ2) is 8.67. The van der Waals surface area contributed by atoms with Gasteiger partial charge in [-0.05, 0) is 56.8 Å². The first-order chi connectivity index (χ1) is 15.5. The molecule has 1 N–H and O–H groups in total. The molecule has 2 aromatic rings. The van der Waals surface area contributed by atoms with Crippen molar-refractivity contribution in [3.63, 3.8) is 0 Å². The Morgan fingerprint density at radius 1 is 1.00 bits per heavy atom. The molecule has 0 aromatic carbocycles. The number of hydrogen-bond donors (Lipinski definition) is 1. The monoisotopic (exact) mass is 442 g/mol. The Morgan fingerprint density at radius 2 is 1.81 bits per heavy atom. The third-order valence-corrected chi connectivity index (χ3v) is 7.48. The number of halogens is 2. The molecule has 5 rings (SSSR count). The van der Waals surface area contributed by atoms with Crippen LogP contribution >= 0.6 is 0 Å². The van der Waals surface area contributed by atoms with Gasteiger partial charge in [-0.15, -0.1) is 0 Å². The smallest absolute Gasteiger partial charge is 0.282 e. The molecule has 1 unspecified atom stereocenters. The lowest BCUT2D eigenvalue weighted by molar-refractivity contribution is -0.104. The number of rotatable bonds is 7. The highest BCUT2D eigenvalue weighted by atomic mass is 19.3. The zero-order valence-electron chi connectivity index (χ0n) is 18.5. The molecule has 0 bridgehead atoms. The van der Waals surface area contributed by atoms with Crippen LogP contribution < -0.4 is 10.2 Å². The molecular weight excluding hydrogens is 410 g/mol. The molecule has 2 saturated heterocycles. The number of nitrogens with one attached hydrogen (secondary N) is 1. The second-order valence-electron chi connectivity index (χ2n) is 9.79. The van der Waals surface area contributed by atoms with Crippen molar-refractivity contribution in [3.8, 4) is 0 Å². The normalized spacial score (nSPS) is 26.2. The summed E-state index contributed by atoms with van der Waals surface area (Å²) in [4.78, 5) is 10.8. The third kappa shape index (κ3) is 4.37. The standard InChI is InChI=1S/C25H32F2N4O/c26-25(27)18-31(19-25)22-20(6-5-13-30-22)16-28-14-10-23(21-7-1-4-12-29-21)11-15-32-24(17-23)8-2-3-9-24/h1,4-7,12-13,28H,2-3,8-11,14-19H2. The molecular formula is C25H32F2N4O. The number of nitrogens with zero attached hydrogens (tertiary/aromatic N) is 3. The lowest BCUT2D eigenvalue weighted by Crippen LogP contribution is -2.57. The molecule has 1 spiro atoms. The van der Waals surface area contributed by atoms with Crippen LogP contribution in [-0.4, -0.2) is 47.7 Å². The van der Waals surface area contributed by atoms with Gasteiger partial charge in [0.2, 0.25) is 0 Å². The van der Waals surface area contributed by atoms with E-state index in [2.05, 4.69) is 22.4 Å². The van der Waals surface area contributed by atoms with Gasteiger partial charge in [0.05, 0.1) is 18.7 Å². The van der Waals surface area contributed by atoms with Gasteiger partial charge in [-0.2, -0.15) is 0 Å². The van der Waals surface area contributed by atoms with E-state index in [9.17, 15) is 8.78 Å². The Labute approximate surface area is 188 Å². The van der Waals surface area contributed by atoms with E-state index in [0.29, 0.717) is 12.4 Å². The Bertz CT molecular complexity index is 911. The molecule has 0 amide bonds. The van der Waals surface area contributed by atoms with E-state index < -0.39 is 5.92 Å². The zero-order valence-corrected chi connectivity index (χ0v) is 18.5. The van der Waals surface area contributed by atoms with Crippen molar-refractivity contribution >= 4 is 5.82 Å². The molecule has 1 aliphatic carbocycles. The fraction of sp³-hybridized carbons (Fsp3) is 0.600. The molecule has 7 heteroatoms. The summed E-state index contributed by atoms with van der Waals surface area (Å²) < 4.78 is 33.0. The molecule has 4 heterocycles. The first kappa shape index (κ1) is 21.7. The molecule has 3 fully saturated rings. The number of ether oxygens (including phenoxy) is 1. The summed E-state index contributed by atoms with van der Waals surface area (Å²) in [6, 6.07) is 10.1. The van der Waals surface area contributed by atoms with Crippen LogP contribution in [0.4, 0.5) is 14.6 Å². The van der Waals surface area contributed by atoms with Gasteiger partial charge in [-0.25, -0.2) is 13.8 Å². The maximum absolute atomic E-state index is 13.3. The Balaban J connectivity index is 1.26. The molecule has 1 atom stereocenters. The average Bonchev–Trinajstić information content (AvgIpc) is 3.23. The van der Waals surface area contributed by atoms with Crippen molar-refractivity contribution in [2.75, 3.05) is 31.1 Å². The number of pyridine rings is 2. The summed E-state index contributed by atoms with van der Waals surface area (Å²) in [5.74, 6) is -1.93. The van der Waals surface area contributed by atoms with E-state index in [-0.39, 0.29) is 24.1 Å². The lowest BCUT2D eigenvalue weighted by atomic mass is 9.68. The SMILES string of the molecule is FC1(F)CN(c2ncccc2CNCCC2(c3ccccn3)CCOC3(CCCC3)C2)C1. The van der Waals surface area contributed by atoms with Crippen molar-refractivity contribution in [1.29, 1.82) is 0 Å². The topological polar surface area (TPSA) is 50.3 Å². The van der Waals surface area contributed by atoms with E-state index in [0.717, 1.165) is 50.8 Å². The predicted molar refractivity (Wildman–Crippen MR) is 120 cm³/mol. The molecule has 2 aromatic heterocycles. The largest absolute Gasteiger partial charge is 0.375 e. The van der Waals surface area contributed by atoms with Gasteiger partial charge in [-0.3, -0.25) is 4.98 Å². The molecule has 1 saturated carbocycles. The minimum Gasteiger partial charge on any atom is -0.375 e. The van der Waals surface area contributed by atoms with Crippen LogP contribution in [0, 0.1) is 0 Å². The Kier molecular flexibility index (Phi) is 5.88. The molecule has 172 valence electrons. The summed E-state index contributed by atoms with van der Waals surface area (Å²) in [7, 11) is 0. The fourth-order valence-corrected chi connectivity index (χ4v) is 5.86. The van der Waals surface area contributed by atoms with Gasteiger partial charge in [0, 0.05) is 42.2 Å². The Hall–Kier alpha value is -2.12. The molecule has 0 radical (unpaired) electrons. The van der Waals surface area contributed by atoms with Gasteiger partial charge in [0.1, 0.15) is 5.82 Å². The number of hydrogen-bond acceptors (Lipinski definition) is 5. The quantitative estimate of drug-likeness (QED) is 0.641. The highest BCUT2D eigenvalue weighted by molar-refractivity contribution is 5.50. The summed E-state index contributed by atoms with van der Waals surface area (Å²) in [5, 5.41) is 3.56. The zero-order chi connectivity index (χ0) is 22.1. The van der Waals surface area contributed by atoms with E-state index in [1.807, 2.05) is 24.4 Å². The lowest BCUT2D eigenvalue weighted by Gasteiger charge is -2.46. The van der Waals surface area contributed by atoms with Crippen molar-refractivity contribution in [1.82, 2.24) is 15.3 Å². The van der Waals surface area contributed by atoms with E-state index in [1.165, 1.54) is 18.5 Å². The first-order valence-corrected chi connectivity index (χ1v) is 11.8. The van der Waals surface area contributed by atoms with Crippen LogP contribution in [0.5, 0.6) is 0 Å². The maximum atomic E-state index is 13.3. The number of aromatic nitrogens is 2. The van der Waals surface area contributed by atoms with Crippen molar-refractivity contribution in [2.45, 2.75) is 68.4 Å². The van der Waals surface area contributed by atoms with E-state index in [1.54, 1.807) is 11.1 Å². The van der Waals surface area contributed by atoms with Crippen LogP contribution in [0.3, 0.4) is 0 Å². The fourth-order valence-electron chi connectivity index (χ4n) is 5.86. The Morgan fingerprint density at radius 3 is 2.56 bits per heavy atom. The van der Waals surface area contributed by atoms with Crippen molar-refractivity contribution < 1.29 is 13.5 Å². The van der Waals surface area contributed by atoms with Crippen LogP contribution in [0.25, 0.3) is 0 Å². The molecule has 3 aliphatic rings. The number of anilines is 1. The van der Waals surface area contributed by atoms with Gasteiger partial charge in [0.15, 0.2) is 0 Å². The van der Waals surface area contributed by atoms with Gasteiger partial charge < -0.3 is 15.0 Å². The minimum absolute atomic E-state index is 0.00808. The third-order valence-electron chi connectivity index (χ3n) is 7.48. The van der Waals surface area contributed by atoms with Crippen molar-refractivity contribution in [3.05, 3.63) is 54.0 Å². The molecule has 2 aliphatic heterocycles. The van der Waals surface area contributed by atoms with Crippen LogP contribution in [0.15, 0.2) is 42.7 Å². The number of alkyl halides is 2. The minimum atomic E-state index is -2.60. The van der Waals surface area contributed by atoms with Gasteiger partial charge in [0.25, 0.3) is 5.92 Å². The van der Waals surface area contributed by atoms with Gasteiger partial charge in [-0.1, -0.05) is 25.0 Å². The molecule has 5 nitrogen and oxygen atoms in total. The van der Waals surface area contributed by atoms with E-state index >= 15 is 0 Å². The van der Waals surface area contributed by atoms with Crippen LogP contribution in [-0.2, 0) is 16.7 Å². The van der Waals surface area contributed by atoms with Gasteiger partial charge >= 0.3 is 0 Å². The second-order valence-corrected chi connectivity index (χ2v) is 9.79. The van der Waals surface area contributed by atoms with E-state index in [4.69, 9.17) is 9.72 Å². The summed E-state index contributed by atoms with van der Waals surface area (Å²) in [5.41, 5.74) is 2.15. The average molecular weight is 443 g/mol. The highest BCUT2D eigenvalue weighted by Gasteiger charge is 2.48. The highest BCUT2D eigenvalue weighted by Crippen LogP contribution is 2.49. The molecule has 32 heavy (non-hydrogen) atoms. The van der Waals surface area contributed by atoms with Crippen LogP contribution in [0.2, 0.25) is 0 Å². The predicted octanol–water partition coefficient (Wildman–Crippen LogP) is 4.47.